The Morgan fingerprint density at radius 3 is 3.13 bits per heavy atom. The molecule has 0 aliphatic heterocycles. The molecule has 0 radical (unpaired) electrons. The largest absolute Gasteiger partial charge is 0.300 e. The molecule has 0 fully saturated rings. The van der Waals surface area contributed by atoms with Crippen LogP contribution in [0.15, 0.2) is 24.2 Å². The summed E-state index contributed by atoms with van der Waals surface area (Å²) >= 11 is 1.38. The third-order valence-electron chi connectivity index (χ3n) is 1.88. The van der Waals surface area contributed by atoms with Crippen LogP contribution in [0.5, 0.6) is 0 Å². The van der Waals surface area contributed by atoms with Crippen LogP contribution in [-0.2, 0) is 4.79 Å². The molecule has 7 heteroatoms. The van der Waals surface area contributed by atoms with E-state index in [-0.39, 0.29) is 5.91 Å². The summed E-state index contributed by atoms with van der Waals surface area (Å²) < 4.78 is 1.49. The van der Waals surface area contributed by atoms with Gasteiger partial charge >= 0.3 is 0 Å². The first-order valence-corrected chi connectivity index (χ1v) is 5.20. The van der Waals surface area contributed by atoms with Crippen LogP contribution in [-0.4, -0.2) is 25.7 Å². The number of rotatable bonds is 3. The summed E-state index contributed by atoms with van der Waals surface area (Å²) in [5.41, 5.74) is 0. The number of hydrogen-bond donors (Lipinski definition) is 1. The van der Waals surface area contributed by atoms with Crippen LogP contribution in [0.3, 0.4) is 0 Å². The highest BCUT2D eigenvalue weighted by molar-refractivity contribution is 7.13. The van der Waals surface area contributed by atoms with E-state index in [0.29, 0.717) is 5.13 Å². The smallest absolute Gasteiger partial charge is 0.250 e. The van der Waals surface area contributed by atoms with Gasteiger partial charge in [0.2, 0.25) is 0 Å². The topological polar surface area (TPSA) is 72.7 Å². The van der Waals surface area contributed by atoms with Gasteiger partial charge < -0.3 is 5.32 Å². The molecule has 1 atom stereocenters. The van der Waals surface area contributed by atoms with Gasteiger partial charge in [0.25, 0.3) is 5.91 Å². The monoisotopic (exact) mass is 223 g/mol. The third kappa shape index (κ3) is 2.18. The number of amides is 1. The number of aromatic nitrogens is 4. The summed E-state index contributed by atoms with van der Waals surface area (Å²) in [6.45, 7) is 1.75. The van der Waals surface area contributed by atoms with E-state index in [4.69, 9.17) is 0 Å². The zero-order valence-corrected chi connectivity index (χ0v) is 8.81. The SMILES string of the molecule is C[C@@H](C(=O)Nc1nccs1)n1cncn1. The second-order valence-corrected chi connectivity index (χ2v) is 3.77. The predicted molar refractivity (Wildman–Crippen MR) is 55.5 cm³/mol. The fourth-order valence-corrected chi connectivity index (χ4v) is 1.56. The van der Waals surface area contributed by atoms with Crippen molar-refractivity contribution in [2.24, 2.45) is 0 Å². The number of thiazole rings is 1. The van der Waals surface area contributed by atoms with Gasteiger partial charge in [-0.2, -0.15) is 5.10 Å². The van der Waals surface area contributed by atoms with Gasteiger partial charge in [0.05, 0.1) is 0 Å². The molecule has 1 amide bonds. The molecule has 6 nitrogen and oxygen atoms in total. The highest BCUT2D eigenvalue weighted by Crippen LogP contribution is 2.13. The molecule has 0 spiro atoms. The molecule has 0 aliphatic rings. The number of nitrogens with zero attached hydrogens (tertiary/aromatic N) is 4. The maximum Gasteiger partial charge on any atom is 0.250 e. The Balaban J connectivity index is 2.03. The summed E-state index contributed by atoms with van der Waals surface area (Å²) in [6, 6.07) is -0.392. The fraction of sp³-hybridized carbons (Fsp3) is 0.250. The van der Waals surface area contributed by atoms with Crippen LogP contribution in [0, 0.1) is 0 Å². The quantitative estimate of drug-likeness (QED) is 0.840. The first kappa shape index (κ1) is 9.78. The molecule has 2 heterocycles. The Morgan fingerprint density at radius 2 is 2.53 bits per heavy atom. The molecule has 0 saturated carbocycles. The lowest BCUT2D eigenvalue weighted by atomic mass is 10.3. The van der Waals surface area contributed by atoms with Gasteiger partial charge in [-0.1, -0.05) is 0 Å². The van der Waals surface area contributed by atoms with E-state index in [9.17, 15) is 4.79 Å². The molecular formula is C8H9N5OS. The van der Waals surface area contributed by atoms with Crippen LogP contribution in [0.2, 0.25) is 0 Å². The fourth-order valence-electron chi connectivity index (χ4n) is 1.03. The van der Waals surface area contributed by atoms with E-state index < -0.39 is 6.04 Å². The summed E-state index contributed by atoms with van der Waals surface area (Å²) in [5.74, 6) is -0.157. The molecule has 0 bridgehead atoms. The van der Waals surface area contributed by atoms with E-state index in [1.165, 1.54) is 28.7 Å². The number of carbonyl (C=O) groups excluding carboxylic acids is 1. The van der Waals surface area contributed by atoms with Crippen molar-refractivity contribution in [1.82, 2.24) is 19.7 Å². The zero-order chi connectivity index (χ0) is 10.7. The maximum atomic E-state index is 11.7. The van der Waals surface area contributed by atoms with Gasteiger partial charge in [-0.3, -0.25) is 4.79 Å². The first-order valence-electron chi connectivity index (χ1n) is 4.32. The van der Waals surface area contributed by atoms with Gasteiger partial charge in [0.1, 0.15) is 18.7 Å². The number of anilines is 1. The van der Waals surface area contributed by atoms with Crippen molar-refractivity contribution in [1.29, 1.82) is 0 Å². The Morgan fingerprint density at radius 1 is 1.67 bits per heavy atom. The van der Waals surface area contributed by atoms with Crippen molar-refractivity contribution < 1.29 is 4.79 Å². The van der Waals surface area contributed by atoms with E-state index in [0.717, 1.165) is 0 Å². The third-order valence-corrected chi connectivity index (χ3v) is 2.56. The maximum absolute atomic E-state index is 11.7. The van der Waals surface area contributed by atoms with E-state index in [1.807, 2.05) is 0 Å². The lowest BCUT2D eigenvalue weighted by molar-refractivity contribution is -0.119. The van der Waals surface area contributed by atoms with Crippen molar-refractivity contribution in [3.63, 3.8) is 0 Å². The van der Waals surface area contributed by atoms with Crippen molar-refractivity contribution in [3.8, 4) is 0 Å². The normalized spacial score (nSPS) is 12.3. The Kier molecular flexibility index (Phi) is 2.72. The van der Waals surface area contributed by atoms with E-state index in [1.54, 1.807) is 18.5 Å². The van der Waals surface area contributed by atoms with E-state index in [2.05, 4.69) is 20.4 Å². The average molecular weight is 223 g/mol. The van der Waals surface area contributed by atoms with E-state index >= 15 is 0 Å². The van der Waals surface area contributed by atoms with Gasteiger partial charge in [-0.25, -0.2) is 14.6 Å². The Hall–Kier alpha value is -1.76. The van der Waals surface area contributed by atoms with Gasteiger partial charge in [0.15, 0.2) is 5.13 Å². The molecule has 2 aromatic rings. The Bertz CT molecular complexity index is 424. The van der Waals surface area contributed by atoms with Crippen molar-refractivity contribution >= 4 is 22.4 Å². The van der Waals surface area contributed by atoms with Crippen molar-refractivity contribution in [2.45, 2.75) is 13.0 Å². The standard InChI is InChI=1S/C8H9N5OS/c1-6(13-5-9-4-11-13)7(14)12-8-10-2-3-15-8/h2-6H,1H3,(H,10,12,14)/t6-/m0/s1. The van der Waals surface area contributed by atoms with Crippen LogP contribution in [0.4, 0.5) is 5.13 Å². The zero-order valence-electron chi connectivity index (χ0n) is 7.99. The second kappa shape index (κ2) is 4.18. The molecule has 2 rings (SSSR count). The summed E-state index contributed by atoms with van der Waals surface area (Å²) in [5, 5.41) is 8.98. The molecule has 0 unspecified atom stereocenters. The summed E-state index contributed by atoms with van der Waals surface area (Å²) in [7, 11) is 0. The number of hydrogen-bond acceptors (Lipinski definition) is 5. The molecule has 78 valence electrons. The molecule has 15 heavy (non-hydrogen) atoms. The van der Waals surface area contributed by atoms with Crippen LogP contribution in [0.1, 0.15) is 13.0 Å². The van der Waals surface area contributed by atoms with Gasteiger partial charge in [-0.05, 0) is 6.92 Å². The Labute approximate surface area is 90.0 Å². The number of carbonyl (C=O) groups is 1. The van der Waals surface area contributed by atoms with Crippen molar-refractivity contribution in [2.75, 3.05) is 5.32 Å². The highest BCUT2D eigenvalue weighted by Gasteiger charge is 2.15. The molecule has 2 aromatic heterocycles. The minimum Gasteiger partial charge on any atom is -0.300 e. The highest BCUT2D eigenvalue weighted by atomic mass is 32.1. The van der Waals surface area contributed by atoms with Crippen LogP contribution in [0.25, 0.3) is 0 Å². The minimum atomic E-state index is -0.392. The minimum absolute atomic E-state index is 0.157. The molecule has 0 saturated heterocycles. The first-order chi connectivity index (χ1) is 7.27. The van der Waals surface area contributed by atoms with Gasteiger partial charge in [0, 0.05) is 11.6 Å². The number of nitrogens with one attached hydrogen (secondary N) is 1. The van der Waals surface area contributed by atoms with Crippen LogP contribution < -0.4 is 5.32 Å². The van der Waals surface area contributed by atoms with Crippen molar-refractivity contribution in [3.05, 3.63) is 24.2 Å². The summed E-state index contributed by atoms with van der Waals surface area (Å²) in [6.07, 6.45) is 4.54. The van der Waals surface area contributed by atoms with Crippen LogP contribution >= 0.6 is 11.3 Å². The lowest BCUT2D eigenvalue weighted by Gasteiger charge is -2.09. The molecule has 1 N–H and O–H groups in total. The lowest BCUT2D eigenvalue weighted by Crippen LogP contribution is -2.23. The second-order valence-electron chi connectivity index (χ2n) is 2.88. The van der Waals surface area contributed by atoms with Gasteiger partial charge in [-0.15, -0.1) is 11.3 Å². The predicted octanol–water partition coefficient (Wildman–Crippen LogP) is 0.934. The molecule has 0 aromatic carbocycles. The summed E-state index contributed by atoms with van der Waals surface area (Å²) in [4.78, 5) is 19.4. The average Bonchev–Trinajstić information content (AvgIpc) is 2.88. The molecular weight excluding hydrogens is 214 g/mol. The molecule has 0 aliphatic carbocycles.